The molecular weight excluding hydrogens is 305 g/mol. The Labute approximate surface area is 141 Å². The number of nitrogens with zero attached hydrogens (tertiary/aromatic N) is 1. The molecule has 23 heavy (non-hydrogen) atoms. The molecule has 0 bridgehead atoms. The molecule has 128 valence electrons. The first-order chi connectivity index (χ1) is 10.4. The highest BCUT2D eigenvalue weighted by atomic mass is 28.4. The van der Waals surface area contributed by atoms with Crippen molar-refractivity contribution in [2.45, 2.75) is 77.2 Å². The number of rotatable bonds is 4. The fourth-order valence-electron chi connectivity index (χ4n) is 2.83. The van der Waals surface area contributed by atoms with Crippen LogP contribution >= 0.6 is 0 Å². The van der Waals surface area contributed by atoms with Gasteiger partial charge in [-0.1, -0.05) is 32.9 Å². The van der Waals surface area contributed by atoms with E-state index in [1.165, 1.54) is 12.1 Å². The van der Waals surface area contributed by atoms with Crippen molar-refractivity contribution in [2.24, 2.45) is 4.99 Å². The van der Waals surface area contributed by atoms with Gasteiger partial charge in [-0.2, -0.15) is 0 Å². The maximum atomic E-state index is 13.1. The van der Waals surface area contributed by atoms with E-state index in [4.69, 9.17) is 9.42 Å². The van der Waals surface area contributed by atoms with Gasteiger partial charge in [-0.3, -0.25) is 4.99 Å². The van der Waals surface area contributed by atoms with Crippen molar-refractivity contribution in [2.75, 3.05) is 0 Å². The van der Waals surface area contributed by atoms with Crippen molar-refractivity contribution < 1.29 is 8.82 Å². The van der Waals surface area contributed by atoms with Crippen LogP contribution in [-0.2, 0) is 4.43 Å². The third kappa shape index (κ3) is 4.10. The van der Waals surface area contributed by atoms with Gasteiger partial charge in [0.25, 0.3) is 0 Å². The number of benzene rings is 1. The molecule has 0 unspecified atom stereocenters. The Hall–Kier alpha value is -1.00. The van der Waals surface area contributed by atoms with Crippen LogP contribution in [0.1, 0.15) is 53.0 Å². The summed E-state index contributed by atoms with van der Waals surface area (Å²) in [5.41, 5.74) is 1.82. The van der Waals surface area contributed by atoms with Crippen molar-refractivity contribution in [1.29, 1.82) is 0 Å². The van der Waals surface area contributed by atoms with Crippen LogP contribution in [0.4, 0.5) is 4.39 Å². The van der Waals surface area contributed by atoms with Crippen molar-refractivity contribution >= 4 is 14.0 Å². The molecule has 1 aromatic rings. The first kappa shape index (κ1) is 18.3. The van der Waals surface area contributed by atoms with E-state index in [9.17, 15) is 4.39 Å². The number of aliphatic imine (C=N–C) groups is 1. The Morgan fingerprint density at radius 3 is 2.17 bits per heavy atom. The summed E-state index contributed by atoms with van der Waals surface area (Å²) in [6, 6.07) is 6.80. The van der Waals surface area contributed by atoms with Crippen molar-refractivity contribution in [3.05, 3.63) is 35.6 Å². The van der Waals surface area contributed by atoms with Crippen LogP contribution in [0.15, 0.2) is 29.3 Å². The molecule has 4 heteroatoms. The topological polar surface area (TPSA) is 21.6 Å². The van der Waals surface area contributed by atoms with Gasteiger partial charge in [-0.05, 0) is 62.5 Å². The van der Waals surface area contributed by atoms with E-state index >= 15 is 0 Å². The molecule has 0 N–H and O–H groups in total. The lowest BCUT2D eigenvalue weighted by atomic mass is 9.97. The summed E-state index contributed by atoms with van der Waals surface area (Å²) in [6.07, 6.45) is 1.93. The molecule has 1 aliphatic heterocycles. The Morgan fingerprint density at radius 2 is 1.65 bits per heavy atom. The second-order valence-corrected chi connectivity index (χ2v) is 13.3. The SMILES string of the molecule is CC(C)(O[Si](C)(C)C(C)(C)C)[C@H]1CCC(c2ccc(F)cc2)=N1. The summed E-state index contributed by atoms with van der Waals surface area (Å²) < 4.78 is 19.7. The smallest absolute Gasteiger partial charge is 0.192 e. The van der Waals surface area contributed by atoms with Gasteiger partial charge in [0.15, 0.2) is 8.32 Å². The molecule has 1 heterocycles. The maximum Gasteiger partial charge on any atom is 0.192 e. The highest BCUT2D eigenvalue weighted by Crippen LogP contribution is 2.41. The van der Waals surface area contributed by atoms with Crippen LogP contribution in [0.2, 0.25) is 18.1 Å². The molecule has 2 rings (SSSR count). The molecule has 1 atom stereocenters. The third-order valence-corrected chi connectivity index (χ3v) is 9.92. The molecule has 0 saturated carbocycles. The van der Waals surface area contributed by atoms with E-state index in [1.54, 1.807) is 0 Å². The van der Waals surface area contributed by atoms with Crippen LogP contribution < -0.4 is 0 Å². The zero-order chi connectivity index (χ0) is 17.5. The van der Waals surface area contributed by atoms with Crippen LogP contribution in [0.25, 0.3) is 0 Å². The van der Waals surface area contributed by atoms with E-state index < -0.39 is 8.32 Å². The average Bonchev–Trinajstić information content (AvgIpc) is 2.87. The number of hydrogen-bond donors (Lipinski definition) is 0. The fraction of sp³-hybridized carbons (Fsp3) is 0.632. The molecule has 0 aromatic heterocycles. The van der Waals surface area contributed by atoms with Crippen molar-refractivity contribution in [3.8, 4) is 0 Å². The van der Waals surface area contributed by atoms with Crippen LogP contribution in [0.3, 0.4) is 0 Å². The quantitative estimate of drug-likeness (QED) is 0.658. The molecule has 0 fully saturated rings. The lowest BCUT2D eigenvalue weighted by Gasteiger charge is -2.44. The summed E-state index contributed by atoms with van der Waals surface area (Å²) >= 11 is 0. The van der Waals surface area contributed by atoms with Gasteiger partial charge < -0.3 is 4.43 Å². The molecule has 0 spiro atoms. The molecule has 0 radical (unpaired) electrons. The summed E-state index contributed by atoms with van der Waals surface area (Å²) in [7, 11) is -1.84. The van der Waals surface area contributed by atoms with Crippen molar-refractivity contribution in [1.82, 2.24) is 0 Å². The second-order valence-electron chi connectivity index (χ2n) is 8.60. The molecule has 1 aromatic carbocycles. The van der Waals surface area contributed by atoms with Gasteiger partial charge in [0, 0.05) is 5.71 Å². The van der Waals surface area contributed by atoms with Crippen molar-refractivity contribution in [3.63, 3.8) is 0 Å². The number of halogens is 1. The zero-order valence-electron chi connectivity index (χ0n) is 15.5. The standard InChI is InChI=1S/C19H30FNOSi/c1-18(2,3)23(6,7)22-19(4,5)17-13-12-16(21-17)14-8-10-15(20)11-9-14/h8-11,17H,12-13H2,1-7H3/t17-/m1/s1. The van der Waals surface area contributed by atoms with Gasteiger partial charge in [0.1, 0.15) is 5.82 Å². The molecular formula is C19H30FNOSi. The highest BCUT2D eigenvalue weighted by Gasteiger charge is 2.44. The normalized spacial score (nSPS) is 19.8. The minimum absolute atomic E-state index is 0.164. The Kier molecular flexibility index (Phi) is 4.89. The largest absolute Gasteiger partial charge is 0.410 e. The third-order valence-electron chi connectivity index (χ3n) is 5.27. The summed E-state index contributed by atoms with van der Waals surface area (Å²) in [5, 5.41) is 0.187. The first-order valence-electron chi connectivity index (χ1n) is 8.45. The van der Waals surface area contributed by atoms with E-state index in [2.05, 4.69) is 47.7 Å². The van der Waals surface area contributed by atoms with Gasteiger partial charge in [-0.15, -0.1) is 0 Å². The summed E-state index contributed by atoms with van der Waals surface area (Å²) in [4.78, 5) is 4.92. The Balaban J connectivity index is 2.17. The van der Waals surface area contributed by atoms with E-state index in [1.807, 2.05) is 12.1 Å². The molecule has 0 amide bonds. The highest BCUT2D eigenvalue weighted by molar-refractivity contribution is 6.74. The molecule has 0 aliphatic carbocycles. The molecule has 0 saturated heterocycles. The van der Waals surface area contributed by atoms with Gasteiger partial charge in [-0.25, -0.2) is 4.39 Å². The summed E-state index contributed by atoms with van der Waals surface area (Å²) in [6.45, 7) is 15.7. The second kappa shape index (κ2) is 6.13. The molecule has 1 aliphatic rings. The van der Waals surface area contributed by atoms with Crippen LogP contribution in [-0.4, -0.2) is 25.7 Å². The lowest BCUT2D eigenvalue weighted by molar-refractivity contribution is 0.0651. The average molecular weight is 336 g/mol. The van der Waals surface area contributed by atoms with Crippen LogP contribution in [0.5, 0.6) is 0 Å². The number of hydrogen-bond acceptors (Lipinski definition) is 2. The Bertz CT molecular complexity index is 584. The minimum atomic E-state index is -1.84. The monoisotopic (exact) mass is 335 g/mol. The van der Waals surface area contributed by atoms with E-state index in [-0.39, 0.29) is 22.5 Å². The van der Waals surface area contributed by atoms with E-state index in [0.717, 1.165) is 24.1 Å². The molecule has 2 nitrogen and oxygen atoms in total. The summed E-state index contributed by atoms with van der Waals surface area (Å²) in [5.74, 6) is -0.203. The Morgan fingerprint density at radius 1 is 1.09 bits per heavy atom. The predicted octanol–water partition coefficient (Wildman–Crippen LogP) is 5.58. The van der Waals surface area contributed by atoms with E-state index in [0.29, 0.717) is 0 Å². The lowest BCUT2D eigenvalue weighted by Crippen LogP contribution is -2.51. The first-order valence-corrected chi connectivity index (χ1v) is 11.4. The predicted molar refractivity (Wildman–Crippen MR) is 98.3 cm³/mol. The van der Waals surface area contributed by atoms with Gasteiger partial charge >= 0.3 is 0 Å². The zero-order valence-corrected chi connectivity index (χ0v) is 16.5. The van der Waals surface area contributed by atoms with Gasteiger partial charge in [0.05, 0.1) is 11.6 Å². The maximum absolute atomic E-state index is 13.1. The van der Waals surface area contributed by atoms with Crippen LogP contribution in [0, 0.1) is 5.82 Å². The fourth-order valence-corrected chi connectivity index (χ4v) is 4.59. The minimum Gasteiger partial charge on any atom is -0.410 e. The van der Waals surface area contributed by atoms with Gasteiger partial charge in [0.2, 0.25) is 0 Å².